The standard InChI is InChI=1S/C19H16IN3O/c1-11-6-16-17(7-12(11)2)23-19(22-16)14(10-21)8-13-4-5-18(24-3)15(20)9-13/h4-9H,1-3H3,(H,22,23). The molecule has 1 aromatic heterocycles. The van der Waals surface area contributed by atoms with Gasteiger partial charge in [0, 0.05) is 0 Å². The number of ether oxygens (including phenoxy) is 1. The number of rotatable bonds is 3. The molecule has 0 spiro atoms. The second kappa shape index (κ2) is 6.65. The summed E-state index contributed by atoms with van der Waals surface area (Å²) in [5, 5.41) is 9.54. The first-order valence-corrected chi connectivity index (χ1v) is 8.52. The first-order valence-electron chi connectivity index (χ1n) is 7.44. The van der Waals surface area contributed by atoms with E-state index in [2.05, 4.69) is 58.5 Å². The van der Waals surface area contributed by atoms with Crippen LogP contribution in [0.4, 0.5) is 0 Å². The Morgan fingerprint density at radius 2 is 2.00 bits per heavy atom. The molecule has 0 fully saturated rings. The molecule has 0 amide bonds. The van der Waals surface area contributed by atoms with Crippen LogP contribution in [0, 0.1) is 28.7 Å². The van der Waals surface area contributed by atoms with Gasteiger partial charge in [-0.25, -0.2) is 4.98 Å². The number of nitrogens with zero attached hydrogens (tertiary/aromatic N) is 2. The average Bonchev–Trinajstić information content (AvgIpc) is 2.95. The Hall–Kier alpha value is -2.33. The van der Waals surface area contributed by atoms with E-state index in [1.54, 1.807) is 7.11 Å². The lowest BCUT2D eigenvalue weighted by Crippen LogP contribution is -1.88. The van der Waals surface area contributed by atoms with Gasteiger partial charge in [-0.15, -0.1) is 0 Å². The fraction of sp³-hybridized carbons (Fsp3) is 0.158. The van der Waals surface area contributed by atoms with Crippen LogP contribution < -0.4 is 4.74 Å². The molecule has 3 rings (SSSR count). The minimum absolute atomic E-state index is 0.502. The Kier molecular flexibility index (Phi) is 4.58. The summed E-state index contributed by atoms with van der Waals surface area (Å²) in [6.07, 6.45) is 1.83. The fourth-order valence-electron chi connectivity index (χ4n) is 2.49. The predicted octanol–water partition coefficient (Wildman–Crippen LogP) is 4.86. The van der Waals surface area contributed by atoms with E-state index in [0.29, 0.717) is 11.4 Å². The molecule has 120 valence electrons. The molecular formula is C19H16IN3O. The van der Waals surface area contributed by atoms with Gasteiger partial charge in [0.15, 0.2) is 0 Å². The van der Waals surface area contributed by atoms with Gasteiger partial charge >= 0.3 is 0 Å². The van der Waals surface area contributed by atoms with Crippen LogP contribution in [-0.2, 0) is 0 Å². The van der Waals surface area contributed by atoms with Crippen molar-refractivity contribution >= 4 is 45.3 Å². The van der Waals surface area contributed by atoms with E-state index in [1.165, 1.54) is 11.1 Å². The summed E-state index contributed by atoms with van der Waals surface area (Å²) >= 11 is 2.22. The number of methoxy groups -OCH3 is 1. The Morgan fingerprint density at radius 3 is 2.67 bits per heavy atom. The van der Waals surface area contributed by atoms with Crippen LogP contribution in [0.5, 0.6) is 5.75 Å². The SMILES string of the molecule is COc1ccc(C=C(C#N)c2nc3cc(C)c(C)cc3[nH]2)cc1I. The van der Waals surface area contributed by atoms with Crippen molar-refractivity contribution in [2.45, 2.75) is 13.8 Å². The van der Waals surface area contributed by atoms with Gasteiger partial charge in [0.1, 0.15) is 17.6 Å². The number of aromatic nitrogens is 2. The number of allylic oxidation sites excluding steroid dienone is 1. The Labute approximate surface area is 154 Å². The molecule has 5 heteroatoms. The van der Waals surface area contributed by atoms with Crippen molar-refractivity contribution in [1.29, 1.82) is 5.26 Å². The van der Waals surface area contributed by atoms with Crippen LogP contribution in [0.2, 0.25) is 0 Å². The number of benzene rings is 2. The van der Waals surface area contributed by atoms with Crippen LogP contribution >= 0.6 is 22.6 Å². The molecule has 0 saturated carbocycles. The number of halogens is 1. The Balaban J connectivity index is 2.05. The molecule has 4 nitrogen and oxygen atoms in total. The summed E-state index contributed by atoms with van der Waals surface area (Å²) in [5.74, 6) is 1.41. The van der Waals surface area contributed by atoms with Gasteiger partial charge in [-0.3, -0.25) is 0 Å². The fourth-order valence-corrected chi connectivity index (χ4v) is 3.25. The number of hydrogen-bond donors (Lipinski definition) is 1. The molecule has 0 unspecified atom stereocenters. The van der Waals surface area contributed by atoms with Gasteiger partial charge in [0.05, 0.1) is 27.3 Å². The second-order valence-corrected chi connectivity index (χ2v) is 6.77. The topological polar surface area (TPSA) is 61.7 Å². The molecule has 0 aliphatic rings. The number of nitriles is 1. The molecule has 0 aliphatic heterocycles. The lowest BCUT2D eigenvalue weighted by molar-refractivity contribution is 0.412. The molecule has 1 N–H and O–H groups in total. The van der Waals surface area contributed by atoms with Crippen molar-refractivity contribution in [2.75, 3.05) is 7.11 Å². The Bertz CT molecular complexity index is 957. The van der Waals surface area contributed by atoms with E-state index in [-0.39, 0.29) is 0 Å². The van der Waals surface area contributed by atoms with Crippen LogP contribution in [0.25, 0.3) is 22.7 Å². The summed E-state index contributed by atoms with van der Waals surface area (Å²) in [6, 6.07) is 12.1. The predicted molar refractivity (Wildman–Crippen MR) is 105 cm³/mol. The van der Waals surface area contributed by atoms with E-state index >= 15 is 0 Å². The summed E-state index contributed by atoms with van der Waals surface area (Å²) < 4.78 is 6.26. The molecule has 0 bridgehead atoms. The highest BCUT2D eigenvalue weighted by atomic mass is 127. The van der Waals surface area contributed by atoms with Crippen molar-refractivity contribution in [3.63, 3.8) is 0 Å². The zero-order chi connectivity index (χ0) is 17.3. The van der Waals surface area contributed by atoms with Gasteiger partial charge in [0.2, 0.25) is 0 Å². The zero-order valence-corrected chi connectivity index (χ0v) is 15.8. The quantitative estimate of drug-likeness (QED) is 0.478. The van der Waals surface area contributed by atoms with Crippen molar-refractivity contribution < 1.29 is 4.74 Å². The number of H-pyrrole nitrogens is 1. The first-order chi connectivity index (χ1) is 11.5. The highest BCUT2D eigenvalue weighted by Gasteiger charge is 2.10. The maximum Gasteiger partial charge on any atom is 0.149 e. The van der Waals surface area contributed by atoms with Gasteiger partial charge in [-0.1, -0.05) is 6.07 Å². The van der Waals surface area contributed by atoms with Gasteiger partial charge in [0.25, 0.3) is 0 Å². The maximum atomic E-state index is 9.54. The number of imidazole rings is 1. The number of aromatic amines is 1. The minimum Gasteiger partial charge on any atom is -0.496 e. The highest BCUT2D eigenvalue weighted by Crippen LogP contribution is 2.25. The number of hydrogen-bond acceptors (Lipinski definition) is 3. The van der Waals surface area contributed by atoms with E-state index < -0.39 is 0 Å². The van der Waals surface area contributed by atoms with E-state index in [9.17, 15) is 5.26 Å². The molecule has 0 aliphatic carbocycles. The monoisotopic (exact) mass is 429 g/mol. The third-order valence-electron chi connectivity index (χ3n) is 3.96. The molecule has 24 heavy (non-hydrogen) atoms. The summed E-state index contributed by atoms with van der Waals surface area (Å²) in [5.41, 5.74) is 5.64. The maximum absolute atomic E-state index is 9.54. The van der Waals surface area contributed by atoms with E-state index in [0.717, 1.165) is 25.9 Å². The molecular weight excluding hydrogens is 413 g/mol. The summed E-state index contributed by atoms with van der Waals surface area (Å²) in [6.45, 7) is 4.12. The molecule has 0 atom stereocenters. The smallest absolute Gasteiger partial charge is 0.149 e. The zero-order valence-electron chi connectivity index (χ0n) is 13.6. The summed E-state index contributed by atoms with van der Waals surface area (Å²) in [7, 11) is 1.64. The molecule has 0 saturated heterocycles. The van der Waals surface area contributed by atoms with Gasteiger partial charge in [-0.2, -0.15) is 5.26 Å². The van der Waals surface area contributed by atoms with Crippen LogP contribution in [0.15, 0.2) is 30.3 Å². The van der Waals surface area contributed by atoms with Crippen LogP contribution in [0.1, 0.15) is 22.5 Å². The van der Waals surface area contributed by atoms with Gasteiger partial charge in [-0.05, 0) is 83.5 Å². The minimum atomic E-state index is 0.502. The highest BCUT2D eigenvalue weighted by molar-refractivity contribution is 14.1. The number of fused-ring (bicyclic) bond motifs is 1. The van der Waals surface area contributed by atoms with Crippen molar-refractivity contribution in [1.82, 2.24) is 9.97 Å². The lowest BCUT2D eigenvalue weighted by Gasteiger charge is -2.03. The number of aryl methyl sites for hydroxylation is 2. The van der Waals surface area contributed by atoms with Crippen LogP contribution in [0.3, 0.4) is 0 Å². The largest absolute Gasteiger partial charge is 0.496 e. The molecule has 3 aromatic rings. The normalized spacial score (nSPS) is 11.5. The molecule has 0 radical (unpaired) electrons. The molecule has 2 aromatic carbocycles. The van der Waals surface area contributed by atoms with E-state index in [1.807, 2.05) is 30.3 Å². The molecule has 1 heterocycles. The average molecular weight is 429 g/mol. The third kappa shape index (κ3) is 3.15. The Morgan fingerprint density at radius 1 is 1.25 bits per heavy atom. The van der Waals surface area contributed by atoms with Crippen molar-refractivity contribution in [2.24, 2.45) is 0 Å². The summed E-state index contributed by atoms with van der Waals surface area (Å²) in [4.78, 5) is 7.81. The van der Waals surface area contributed by atoms with Crippen molar-refractivity contribution in [3.8, 4) is 11.8 Å². The van der Waals surface area contributed by atoms with Gasteiger partial charge < -0.3 is 9.72 Å². The van der Waals surface area contributed by atoms with Crippen LogP contribution in [-0.4, -0.2) is 17.1 Å². The van der Waals surface area contributed by atoms with Crippen molar-refractivity contribution in [3.05, 3.63) is 56.4 Å². The first kappa shape index (κ1) is 16.5. The van der Waals surface area contributed by atoms with E-state index in [4.69, 9.17) is 4.74 Å². The number of nitrogens with one attached hydrogen (secondary N) is 1. The lowest BCUT2D eigenvalue weighted by atomic mass is 10.1. The third-order valence-corrected chi connectivity index (χ3v) is 4.80. The second-order valence-electron chi connectivity index (χ2n) is 5.60.